The van der Waals surface area contributed by atoms with Gasteiger partial charge in [-0.05, 0) is 36.7 Å². The molecular weight excluding hydrogens is 340 g/mol. The van der Waals surface area contributed by atoms with Crippen LogP contribution in [0, 0.1) is 0 Å². The Bertz CT molecular complexity index is 713. The van der Waals surface area contributed by atoms with Gasteiger partial charge in [-0.3, -0.25) is 0 Å². The standard InChI is InChI=1S/C21H28N4S/c1-3-4-14-25(2)16-20-13-9-8-12-19(20)15-23-24-21(22)26-17-18-10-6-5-7-11-18/h5-13,15H,3-4,14,16-17H2,1-2H3,(H2,22,24). The molecule has 0 heterocycles. The molecule has 0 spiro atoms. The number of amidine groups is 1. The van der Waals surface area contributed by atoms with Gasteiger partial charge in [0.2, 0.25) is 0 Å². The molecule has 0 aromatic heterocycles. The van der Waals surface area contributed by atoms with E-state index < -0.39 is 0 Å². The molecule has 0 aliphatic heterocycles. The summed E-state index contributed by atoms with van der Waals surface area (Å²) in [5.74, 6) is 0.796. The van der Waals surface area contributed by atoms with Gasteiger partial charge in [0.15, 0.2) is 5.17 Å². The molecule has 0 unspecified atom stereocenters. The van der Waals surface area contributed by atoms with Crippen molar-refractivity contribution in [2.24, 2.45) is 15.9 Å². The molecule has 5 heteroatoms. The lowest BCUT2D eigenvalue weighted by atomic mass is 10.1. The molecule has 0 aliphatic rings. The summed E-state index contributed by atoms with van der Waals surface area (Å²) >= 11 is 1.49. The molecule has 138 valence electrons. The van der Waals surface area contributed by atoms with Crippen LogP contribution < -0.4 is 5.73 Å². The Labute approximate surface area is 161 Å². The summed E-state index contributed by atoms with van der Waals surface area (Å²) in [5.41, 5.74) is 9.51. The first-order valence-electron chi connectivity index (χ1n) is 8.98. The van der Waals surface area contributed by atoms with E-state index in [2.05, 4.69) is 59.4 Å². The van der Waals surface area contributed by atoms with Crippen molar-refractivity contribution in [3.63, 3.8) is 0 Å². The van der Waals surface area contributed by atoms with Crippen molar-refractivity contribution in [2.75, 3.05) is 13.6 Å². The summed E-state index contributed by atoms with van der Waals surface area (Å²) in [4.78, 5) is 2.34. The van der Waals surface area contributed by atoms with Gasteiger partial charge in [-0.2, -0.15) is 5.10 Å². The van der Waals surface area contributed by atoms with Crippen molar-refractivity contribution in [2.45, 2.75) is 32.1 Å². The summed E-state index contributed by atoms with van der Waals surface area (Å²) < 4.78 is 0. The lowest BCUT2D eigenvalue weighted by Crippen LogP contribution is -2.19. The number of hydrogen-bond acceptors (Lipinski definition) is 4. The first-order chi connectivity index (χ1) is 12.7. The maximum absolute atomic E-state index is 5.95. The lowest BCUT2D eigenvalue weighted by molar-refractivity contribution is 0.320. The van der Waals surface area contributed by atoms with Gasteiger partial charge in [0, 0.05) is 12.3 Å². The maximum atomic E-state index is 5.95. The molecule has 2 rings (SSSR count). The van der Waals surface area contributed by atoms with E-state index in [1.165, 1.54) is 35.7 Å². The fourth-order valence-electron chi connectivity index (χ4n) is 2.51. The predicted molar refractivity (Wildman–Crippen MR) is 115 cm³/mol. The summed E-state index contributed by atoms with van der Waals surface area (Å²) in [6.45, 7) is 4.22. The van der Waals surface area contributed by atoms with E-state index in [1.54, 1.807) is 6.21 Å². The molecule has 0 amide bonds. The average molecular weight is 369 g/mol. The highest BCUT2D eigenvalue weighted by Gasteiger charge is 2.03. The number of nitrogens with zero attached hydrogens (tertiary/aromatic N) is 3. The second kappa shape index (κ2) is 11.5. The fourth-order valence-corrected chi connectivity index (χ4v) is 3.12. The quantitative estimate of drug-likeness (QED) is 0.403. The fraction of sp³-hybridized carbons (Fsp3) is 0.333. The van der Waals surface area contributed by atoms with Crippen molar-refractivity contribution in [1.82, 2.24) is 4.90 Å². The van der Waals surface area contributed by atoms with Crippen molar-refractivity contribution in [3.8, 4) is 0 Å². The Morgan fingerprint density at radius 3 is 2.62 bits per heavy atom. The number of nitrogens with two attached hydrogens (primary N) is 1. The Balaban J connectivity index is 1.92. The first-order valence-corrected chi connectivity index (χ1v) is 9.97. The van der Waals surface area contributed by atoms with Crippen LogP contribution in [0.5, 0.6) is 0 Å². The summed E-state index contributed by atoms with van der Waals surface area (Å²) in [6.07, 6.45) is 4.22. The molecule has 0 atom stereocenters. The molecule has 0 saturated heterocycles. The topological polar surface area (TPSA) is 54.0 Å². The van der Waals surface area contributed by atoms with Crippen LogP contribution in [0.3, 0.4) is 0 Å². The molecule has 0 bridgehead atoms. The van der Waals surface area contributed by atoms with Crippen LogP contribution in [0.1, 0.15) is 36.5 Å². The Morgan fingerprint density at radius 1 is 1.12 bits per heavy atom. The third kappa shape index (κ3) is 7.42. The van der Waals surface area contributed by atoms with Crippen LogP contribution in [-0.2, 0) is 12.3 Å². The van der Waals surface area contributed by atoms with Crippen molar-refractivity contribution >= 4 is 23.1 Å². The number of rotatable bonds is 9. The van der Waals surface area contributed by atoms with Gasteiger partial charge in [0.25, 0.3) is 0 Å². The SMILES string of the molecule is CCCCN(C)Cc1ccccc1C=NN=C(N)SCc1ccccc1. The van der Waals surface area contributed by atoms with E-state index in [-0.39, 0.29) is 0 Å². The first kappa shape index (κ1) is 20.2. The van der Waals surface area contributed by atoms with E-state index in [0.717, 1.165) is 24.4 Å². The normalized spacial score (nSPS) is 12.2. The highest BCUT2D eigenvalue weighted by atomic mass is 32.2. The third-order valence-corrected chi connectivity index (χ3v) is 4.83. The zero-order valence-corrected chi connectivity index (χ0v) is 16.5. The zero-order chi connectivity index (χ0) is 18.6. The van der Waals surface area contributed by atoms with Crippen LogP contribution in [0.25, 0.3) is 0 Å². The van der Waals surface area contributed by atoms with Gasteiger partial charge in [-0.1, -0.05) is 79.7 Å². The predicted octanol–water partition coefficient (Wildman–Crippen LogP) is 4.50. The van der Waals surface area contributed by atoms with E-state index in [0.29, 0.717) is 5.17 Å². The monoisotopic (exact) mass is 368 g/mol. The minimum atomic E-state index is 0.475. The van der Waals surface area contributed by atoms with Gasteiger partial charge in [0.1, 0.15) is 0 Å². The largest absolute Gasteiger partial charge is 0.377 e. The van der Waals surface area contributed by atoms with E-state index in [4.69, 9.17) is 5.73 Å². The Hall–Kier alpha value is -2.11. The molecule has 0 aliphatic carbocycles. The summed E-state index contributed by atoms with van der Waals surface area (Å²) in [7, 11) is 2.15. The van der Waals surface area contributed by atoms with Crippen molar-refractivity contribution in [3.05, 3.63) is 71.3 Å². The van der Waals surface area contributed by atoms with Gasteiger partial charge in [-0.25, -0.2) is 0 Å². The van der Waals surface area contributed by atoms with E-state index >= 15 is 0 Å². The maximum Gasteiger partial charge on any atom is 0.180 e. The summed E-state index contributed by atoms with van der Waals surface area (Å²) in [6, 6.07) is 18.5. The van der Waals surface area contributed by atoms with Crippen LogP contribution in [0.2, 0.25) is 0 Å². The minimum Gasteiger partial charge on any atom is -0.377 e. The zero-order valence-electron chi connectivity index (χ0n) is 15.6. The van der Waals surface area contributed by atoms with Gasteiger partial charge in [0.05, 0.1) is 6.21 Å². The number of thioether (sulfide) groups is 1. The van der Waals surface area contributed by atoms with Gasteiger partial charge in [-0.15, -0.1) is 5.10 Å². The molecule has 0 radical (unpaired) electrons. The molecular formula is C21H28N4S. The highest BCUT2D eigenvalue weighted by Crippen LogP contribution is 2.12. The van der Waals surface area contributed by atoms with Crippen LogP contribution in [0.15, 0.2) is 64.8 Å². The Morgan fingerprint density at radius 2 is 1.85 bits per heavy atom. The third-order valence-electron chi connectivity index (χ3n) is 3.97. The minimum absolute atomic E-state index is 0.475. The second-order valence-electron chi connectivity index (χ2n) is 6.25. The molecule has 0 fully saturated rings. The number of unbranched alkanes of at least 4 members (excludes halogenated alkanes) is 1. The molecule has 26 heavy (non-hydrogen) atoms. The Kier molecular flexibility index (Phi) is 8.93. The molecule has 2 N–H and O–H groups in total. The van der Waals surface area contributed by atoms with Crippen LogP contribution in [0.4, 0.5) is 0 Å². The van der Waals surface area contributed by atoms with Crippen LogP contribution in [-0.4, -0.2) is 29.9 Å². The second-order valence-corrected chi connectivity index (χ2v) is 7.24. The average Bonchev–Trinajstić information content (AvgIpc) is 2.67. The van der Waals surface area contributed by atoms with Crippen molar-refractivity contribution < 1.29 is 0 Å². The van der Waals surface area contributed by atoms with E-state index in [1.807, 2.05) is 24.3 Å². The lowest BCUT2D eigenvalue weighted by Gasteiger charge is -2.17. The van der Waals surface area contributed by atoms with Crippen molar-refractivity contribution in [1.29, 1.82) is 0 Å². The summed E-state index contributed by atoms with van der Waals surface area (Å²) in [5, 5.41) is 8.77. The molecule has 2 aromatic rings. The highest BCUT2D eigenvalue weighted by molar-refractivity contribution is 8.13. The smallest absolute Gasteiger partial charge is 0.180 e. The number of benzene rings is 2. The molecule has 2 aromatic carbocycles. The molecule has 0 saturated carbocycles. The van der Waals surface area contributed by atoms with Gasteiger partial charge < -0.3 is 10.6 Å². The van der Waals surface area contributed by atoms with E-state index in [9.17, 15) is 0 Å². The van der Waals surface area contributed by atoms with Gasteiger partial charge >= 0.3 is 0 Å². The molecule has 4 nitrogen and oxygen atoms in total. The number of hydrogen-bond donors (Lipinski definition) is 1. The van der Waals surface area contributed by atoms with Crippen LogP contribution >= 0.6 is 11.8 Å².